The van der Waals surface area contributed by atoms with Crippen LogP contribution in [0.15, 0.2) is 18.2 Å². The Hall–Kier alpha value is -2.56. The molecule has 0 bridgehead atoms. The summed E-state index contributed by atoms with van der Waals surface area (Å²) in [6.45, 7) is 10.7. The van der Waals surface area contributed by atoms with Crippen molar-refractivity contribution in [3.05, 3.63) is 34.9 Å². The van der Waals surface area contributed by atoms with Crippen LogP contribution in [0.1, 0.15) is 70.6 Å². The number of alkyl halides is 3. The lowest BCUT2D eigenvalue weighted by molar-refractivity contribution is -0.137. The van der Waals surface area contributed by atoms with E-state index in [4.69, 9.17) is 10.00 Å². The molecule has 1 unspecified atom stereocenters. The Kier molecular flexibility index (Phi) is 10.4. The second-order valence-corrected chi connectivity index (χ2v) is 7.51. The quantitative estimate of drug-likeness (QED) is 0.686. The molecule has 0 heterocycles. The molecule has 1 aromatic rings. The highest BCUT2D eigenvalue weighted by atomic mass is 19.4. The zero-order valence-corrected chi connectivity index (χ0v) is 17.7. The minimum atomic E-state index is -4.45. The van der Waals surface area contributed by atoms with Crippen LogP contribution in [-0.4, -0.2) is 23.5 Å². The minimum Gasteiger partial charge on any atom is -0.444 e. The number of carbonyl (C=O) groups excluding carboxylic acids is 2. The maximum atomic E-state index is 12.3. The largest absolute Gasteiger partial charge is 0.444 e. The molecule has 0 spiro atoms. The van der Waals surface area contributed by atoms with E-state index in [9.17, 15) is 22.8 Å². The van der Waals surface area contributed by atoms with E-state index in [1.54, 1.807) is 6.92 Å². The molecule has 0 fully saturated rings. The predicted octanol–water partition coefficient (Wildman–Crippen LogP) is 5.54. The van der Waals surface area contributed by atoms with Gasteiger partial charge in [0.1, 0.15) is 11.4 Å². The van der Waals surface area contributed by atoms with Gasteiger partial charge in [0.25, 0.3) is 0 Å². The Morgan fingerprint density at radius 3 is 2.21 bits per heavy atom. The van der Waals surface area contributed by atoms with Crippen molar-refractivity contribution in [1.82, 2.24) is 5.32 Å². The van der Waals surface area contributed by atoms with Gasteiger partial charge in [0.2, 0.25) is 0 Å². The number of nitrogens with zero attached hydrogens (tertiary/aromatic N) is 1. The van der Waals surface area contributed by atoms with Gasteiger partial charge in [-0.25, -0.2) is 4.79 Å². The first-order chi connectivity index (χ1) is 13.2. The van der Waals surface area contributed by atoms with Crippen molar-refractivity contribution >= 4 is 11.9 Å². The lowest BCUT2D eigenvalue weighted by atomic mass is 10.1. The summed E-state index contributed by atoms with van der Waals surface area (Å²) in [5.74, 6) is 0.155. The summed E-state index contributed by atoms with van der Waals surface area (Å²) < 4.78 is 41.9. The molecule has 162 valence electrons. The van der Waals surface area contributed by atoms with Crippen LogP contribution in [0.25, 0.3) is 0 Å². The Balaban J connectivity index is 0.000000551. The normalized spacial score (nSPS) is 12.1. The van der Waals surface area contributed by atoms with Gasteiger partial charge in [0.15, 0.2) is 0 Å². The van der Waals surface area contributed by atoms with Gasteiger partial charge in [-0.2, -0.15) is 18.4 Å². The maximum absolute atomic E-state index is 12.3. The summed E-state index contributed by atoms with van der Waals surface area (Å²) in [5.41, 5.74) is -1.21. The van der Waals surface area contributed by atoms with Crippen molar-refractivity contribution in [2.24, 2.45) is 0 Å². The number of benzene rings is 1. The van der Waals surface area contributed by atoms with E-state index in [0.717, 1.165) is 12.5 Å². The molecule has 0 saturated carbocycles. The third-order valence-corrected chi connectivity index (χ3v) is 3.68. The number of carbonyl (C=O) groups is 2. The molecule has 0 aliphatic heterocycles. The van der Waals surface area contributed by atoms with Crippen molar-refractivity contribution in [3.8, 4) is 6.07 Å². The Labute approximate surface area is 170 Å². The summed E-state index contributed by atoms with van der Waals surface area (Å²) in [6, 6.07) is 5.02. The second-order valence-electron chi connectivity index (χ2n) is 7.51. The van der Waals surface area contributed by atoms with E-state index in [0.29, 0.717) is 18.4 Å². The van der Waals surface area contributed by atoms with Gasteiger partial charge in [0, 0.05) is 18.9 Å². The molecule has 1 aromatic carbocycles. The number of hydrogen-bond acceptors (Lipinski definition) is 4. The van der Waals surface area contributed by atoms with Gasteiger partial charge < -0.3 is 10.1 Å². The first kappa shape index (κ1) is 26.4. The molecular weight excluding hydrogens is 385 g/mol. The SMILES string of the molecule is CCC(=O)CC(CC)NC(=O)OC(C)(C)C.Cc1ccc(C#N)c(C(F)(F)F)c1. The van der Waals surface area contributed by atoms with Gasteiger partial charge in [-0.05, 0) is 46.2 Å². The molecule has 1 atom stereocenters. The zero-order valence-electron chi connectivity index (χ0n) is 17.7. The molecule has 1 rings (SSSR count). The third-order valence-electron chi connectivity index (χ3n) is 3.68. The van der Waals surface area contributed by atoms with Crippen LogP contribution in [-0.2, 0) is 15.7 Å². The van der Waals surface area contributed by atoms with E-state index in [1.807, 2.05) is 34.6 Å². The number of hydrogen-bond donors (Lipinski definition) is 1. The Morgan fingerprint density at radius 2 is 1.79 bits per heavy atom. The number of rotatable bonds is 5. The standard InChI is InChI=1S/C12H23NO3.C9H6F3N/c1-6-9(8-10(14)7-2)13-11(15)16-12(3,4)5;1-6-2-3-7(5-13)8(4-6)9(10,11)12/h9H,6-8H2,1-5H3,(H,13,15);2-4H,1H3. The molecule has 1 N–H and O–H groups in total. The number of aryl methyl sites for hydroxylation is 1. The average Bonchev–Trinajstić information content (AvgIpc) is 2.59. The highest BCUT2D eigenvalue weighted by molar-refractivity contribution is 5.79. The first-order valence-electron chi connectivity index (χ1n) is 9.32. The molecule has 0 saturated heterocycles. The van der Waals surface area contributed by atoms with E-state index in [-0.39, 0.29) is 17.4 Å². The fourth-order valence-corrected chi connectivity index (χ4v) is 2.18. The van der Waals surface area contributed by atoms with Crippen LogP contribution < -0.4 is 5.32 Å². The van der Waals surface area contributed by atoms with Crippen LogP contribution >= 0.6 is 0 Å². The summed E-state index contributed by atoms with van der Waals surface area (Å²) >= 11 is 0. The summed E-state index contributed by atoms with van der Waals surface area (Å²) in [7, 11) is 0. The minimum absolute atomic E-state index is 0.123. The smallest absolute Gasteiger partial charge is 0.417 e. The van der Waals surface area contributed by atoms with Crippen molar-refractivity contribution in [1.29, 1.82) is 5.26 Å². The molecule has 0 aromatic heterocycles. The van der Waals surface area contributed by atoms with Crippen molar-refractivity contribution in [2.75, 3.05) is 0 Å². The molecule has 29 heavy (non-hydrogen) atoms. The number of alkyl carbamates (subject to hydrolysis) is 1. The van der Waals surface area contributed by atoms with Crippen LogP contribution in [0.3, 0.4) is 0 Å². The number of halogens is 3. The Bertz CT molecular complexity index is 732. The van der Waals surface area contributed by atoms with Crippen LogP contribution in [0, 0.1) is 18.3 Å². The summed E-state index contributed by atoms with van der Waals surface area (Å²) in [5, 5.41) is 11.1. The third kappa shape index (κ3) is 11.1. The number of Topliss-reactive ketones (excluding diaryl/α,β-unsaturated/α-hetero) is 1. The molecule has 0 radical (unpaired) electrons. The molecule has 0 aliphatic carbocycles. The zero-order chi connectivity index (χ0) is 22.8. The van der Waals surface area contributed by atoms with E-state index in [1.165, 1.54) is 18.2 Å². The van der Waals surface area contributed by atoms with Gasteiger partial charge in [-0.15, -0.1) is 0 Å². The molecule has 5 nitrogen and oxygen atoms in total. The lowest BCUT2D eigenvalue weighted by Crippen LogP contribution is -2.39. The number of nitrogens with one attached hydrogen (secondary N) is 1. The highest BCUT2D eigenvalue weighted by Crippen LogP contribution is 2.32. The number of ether oxygens (including phenoxy) is 1. The first-order valence-corrected chi connectivity index (χ1v) is 9.32. The van der Waals surface area contributed by atoms with Gasteiger partial charge >= 0.3 is 12.3 Å². The summed E-state index contributed by atoms with van der Waals surface area (Å²) in [6.07, 6.45) is -3.29. The molecular formula is C21H29F3N2O3. The summed E-state index contributed by atoms with van der Waals surface area (Å²) in [4.78, 5) is 22.7. The molecule has 1 amide bonds. The molecule has 8 heteroatoms. The van der Waals surface area contributed by atoms with Crippen LogP contribution in [0.4, 0.5) is 18.0 Å². The average molecular weight is 414 g/mol. The fraction of sp³-hybridized carbons (Fsp3) is 0.571. The van der Waals surface area contributed by atoms with Gasteiger partial charge in [-0.3, -0.25) is 4.79 Å². The second kappa shape index (κ2) is 11.4. The van der Waals surface area contributed by atoms with Crippen LogP contribution in [0.2, 0.25) is 0 Å². The monoisotopic (exact) mass is 414 g/mol. The van der Waals surface area contributed by atoms with Crippen LogP contribution in [0.5, 0.6) is 0 Å². The van der Waals surface area contributed by atoms with E-state index in [2.05, 4.69) is 5.32 Å². The molecule has 0 aliphatic rings. The van der Waals surface area contributed by atoms with Gasteiger partial charge in [-0.1, -0.05) is 25.5 Å². The van der Waals surface area contributed by atoms with Crippen molar-refractivity contribution < 1.29 is 27.5 Å². The number of nitriles is 1. The number of amides is 1. The topological polar surface area (TPSA) is 79.2 Å². The number of ketones is 1. The maximum Gasteiger partial charge on any atom is 0.417 e. The fourth-order valence-electron chi connectivity index (χ4n) is 2.18. The van der Waals surface area contributed by atoms with E-state index >= 15 is 0 Å². The lowest BCUT2D eigenvalue weighted by Gasteiger charge is -2.22. The Morgan fingerprint density at radius 1 is 1.21 bits per heavy atom. The van der Waals surface area contributed by atoms with Crippen molar-refractivity contribution in [3.63, 3.8) is 0 Å². The van der Waals surface area contributed by atoms with Crippen molar-refractivity contribution in [2.45, 2.75) is 78.6 Å². The highest BCUT2D eigenvalue weighted by Gasteiger charge is 2.33. The van der Waals surface area contributed by atoms with Gasteiger partial charge in [0.05, 0.1) is 17.2 Å². The van der Waals surface area contributed by atoms with E-state index < -0.39 is 23.4 Å². The predicted molar refractivity (Wildman–Crippen MR) is 104 cm³/mol.